The van der Waals surface area contributed by atoms with Gasteiger partial charge in [-0.05, 0) is 31.5 Å². The molecule has 1 spiro atoms. The molecule has 0 aliphatic carbocycles. The second kappa shape index (κ2) is 5.57. The zero-order chi connectivity index (χ0) is 15.7. The normalized spacial score (nSPS) is 24.0. The number of hydrogen-bond donors (Lipinski definition) is 1. The summed E-state index contributed by atoms with van der Waals surface area (Å²) in [6.07, 6.45) is 2.07. The first kappa shape index (κ1) is 14.8. The third-order valence-electron chi connectivity index (χ3n) is 4.68. The number of amides is 1. The number of nitrogens with zero attached hydrogens (tertiary/aromatic N) is 2. The zero-order valence-corrected chi connectivity index (χ0v) is 12.5. The molecule has 1 atom stereocenters. The minimum Gasteiger partial charge on any atom is -0.490 e. The maximum atomic E-state index is 12.6. The highest BCUT2D eigenvalue weighted by Crippen LogP contribution is 2.37. The molecule has 3 rings (SSSR count). The average molecular weight is 305 g/mol. The predicted octanol–water partition coefficient (Wildman–Crippen LogP) is 1.43. The maximum absolute atomic E-state index is 12.6. The molecule has 2 heterocycles. The summed E-state index contributed by atoms with van der Waals surface area (Å²) in [5.74, 6) is 0.0222. The van der Waals surface area contributed by atoms with Crippen molar-refractivity contribution in [2.45, 2.75) is 12.8 Å². The lowest BCUT2D eigenvalue weighted by molar-refractivity contribution is -0.385. The summed E-state index contributed by atoms with van der Waals surface area (Å²) in [4.78, 5) is 25.0. The van der Waals surface area contributed by atoms with Crippen LogP contribution in [0.25, 0.3) is 0 Å². The van der Waals surface area contributed by atoms with E-state index in [1.165, 1.54) is 19.2 Å². The van der Waals surface area contributed by atoms with Crippen LogP contribution in [0.4, 0.5) is 5.69 Å². The van der Waals surface area contributed by atoms with E-state index in [0.29, 0.717) is 12.1 Å². The van der Waals surface area contributed by atoms with Crippen LogP contribution in [-0.2, 0) is 0 Å². The smallest absolute Gasteiger partial charge is 0.311 e. The highest BCUT2D eigenvalue weighted by Gasteiger charge is 2.42. The Balaban J connectivity index is 1.81. The monoisotopic (exact) mass is 305 g/mol. The summed E-state index contributed by atoms with van der Waals surface area (Å²) in [6, 6.07) is 4.37. The van der Waals surface area contributed by atoms with Crippen molar-refractivity contribution < 1.29 is 14.5 Å². The van der Waals surface area contributed by atoms with Gasteiger partial charge >= 0.3 is 5.69 Å². The van der Waals surface area contributed by atoms with Crippen molar-refractivity contribution >= 4 is 11.6 Å². The van der Waals surface area contributed by atoms with E-state index in [9.17, 15) is 14.9 Å². The largest absolute Gasteiger partial charge is 0.490 e. The number of benzene rings is 1. The minimum atomic E-state index is -0.526. The van der Waals surface area contributed by atoms with Gasteiger partial charge in [0.05, 0.1) is 12.0 Å². The summed E-state index contributed by atoms with van der Waals surface area (Å²) >= 11 is 0. The van der Waals surface area contributed by atoms with Crippen molar-refractivity contribution in [1.29, 1.82) is 0 Å². The van der Waals surface area contributed by atoms with E-state index in [2.05, 4.69) is 5.32 Å². The van der Waals surface area contributed by atoms with Crippen LogP contribution in [0.3, 0.4) is 0 Å². The number of carbonyl (C=O) groups is 1. The molecule has 2 saturated heterocycles. The molecule has 1 aromatic carbocycles. The molecule has 7 heteroatoms. The van der Waals surface area contributed by atoms with Gasteiger partial charge in [-0.15, -0.1) is 0 Å². The van der Waals surface area contributed by atoms with Crippen molar-refractivity contribution in [3.05, 3.63) is 33.9 Å². The van der Waals surface area contributed by atoms with Gasteiger partial charge in [-0.1, -0.05) is 0 Å². The van der Waals surface area contributed by atoms with E-state index in [0.717, 1.165) is 32.5 Å². The van der Waals surface area contributed by atoms with Crippen LogP contribution in [-0.4, -0.2) is 49.0 Å². The average Bonchev–Trinajstić information content (AvgIpc) is 3.16. The number of carbonyl (C=O) groups excluding carboxylic acids is 1. The molecule has 0 radical (unpaired) electrons. The number of ether oxygens (including phenoxy) is 1. The quantitative estimate of drug-likeness (QED) is 0.674. The van der Waals surface area contributed by atoms with E-state index in [-0.39, 0.29) is 22.8 Å². The van der Waals surface area contributed by atoms with Crippen LogP contribution in [0.5, 0.6) is 5.75 Å². The highest BCUT2D eigenvalue weighted by molar-refractivity contribution is 5.95. The molecule has 7 nitrogen and oxygen atoms in total. The van der Waals surface area contributed by atoms with E-state index < -0.39 is 4.92 Å². The molecule has 1 N–H and O–H groups in total. The standard InChI is InChI=1S/C15H19N3O4/c1-22-13-3-2-11(8-12(13)18(20)21)14(19)17-7-5-15(10-17)4-6-16-9-15/h2-3,8,16H,4-7,9-10H2,1H3. The van der Waals surface area contributed by atoms with Crippen LogP contribution in [0.2, 0.25) is 0 Å². The fourth-order valence-corrected chi connectivity index (χ4v) is 3.40. The SMILES string of the molecule is COc1ccc(C(=O)N2CCC3(CCNC3)C2)cc1[N+](=O)[O-]. The van der Waals surface area contributed by atoms with Crippen molar-refractivity contribution in [3.8, 4) is 5.75 Å². The summed E-state index contributed by atoms with van der Waals surface area (Å²) in [7, 11) is 1.38. The fraction of sp³-hybridized carbons (Fsp3) is 0.533. The predicted molar refractivity (Wildman–Crippen MR) is 80.1 cm³/mol. The van der Waals surface area contributed by atoms with Gasteiger partial charge in [0, 0.05) is 36.7 Å². The summed E-state index contributed by atoms with van der Waals surface area (Å²) in [5, 5.41) is 14.4. The van der Waals surface area contributed by atoms with Crippen molar-refractivity contribution in [1.82, 2.24) is 10.2 Å². The molecule has 1 amide bonds. The van der Waals surface area contributed by atoms with Gasteiger partial charge < -0.3 is 15.0 Å². The first-order chi connectivity index (χ1) is 10.5. The molecule has 0 aromatic heterocycles. The van der Waals surface area contributed by atoms with Gasteiger partial charge in [0.1, 0.15) is 0 Å². The van der Waals surface area contributed by atoms with Gasteiger partial charge in [-0.2, -0.15) is 0 Å². The number of nitro groups is 1. The number of rotatable bonds is 3. The number of likely N-dealkylation sites (tertiary alicyclic amines) is 1. The van der Waals surface area contributed by atoms with Gasteiger partial charge in [0.2, 0.25) is 0 Å². The zero-order valence-electron chi connectivity index (χ0n) is 12.5. The number of nitrogens with one attached hydrogen (secondary N) is 1. The number of nitro benzene ring substituents is 1. The Morgan fingerprint density at radius 3 is 2.91 bits per heavy atom. The van der Waals surface area contributed by atoms with E-state index in [4.69, 9.17) is 4.74 Å². The number of methoxy groups -OCH3 is 1. The lowest BCUT2D eigenvalue weighted by Crippen LogP contribution is -2.33. The van der Waals surface area contributed by atoms with E-state index in [1.54, 1.807) is 11.0 Å². The summed E-state index contributed by atoms with van der Waals surface area (Å²) in [6.45, 7) is 3.37. The first-order valence-electron chi connectivity index (χ1n) is 7.37. The molecule has 2 aliphatic heterocycles. The van der Waals surface area contributed by atoms with Gasteiger partial charge in [0.25, 0.3) is 5.91 Å². The summed E-state index contributed by atoms with van der Waals surface area (Å²) in [5.41, 5.74) is 0.355. The Labute approximate surface area is 128 Å². The second-order valence-corrected chi connectivity index (χ2v) is 6.05. The molecule has 0 bridgehead atoms. The molecule has 1 aromatic rings. The first-order valence-corrected chi connectivity index (χ1v) is 7.37. The third-order valence-corrected chi connectivity index (χ3v) is 4.68. The Morgan fingerprint density at radius 1 is 1.45 bits per heavy atom. The lowest BCUT2D eigenvalue weighted by atomic mass is 9.86. The molecule has 2 fully saturated rings. The number of hydrogen-bond acceptors (Lipinski definition) is 5. The van der Waals surface area contributed by atoms with Gasteiger partial charge in [-0.25, -0.2) is 0 Å². The lowest BCUT2D eigenvalue weighted by Gasteiger charge is -2.22. The molecule has 2 aliphatic rings. The van der Waals surface area contributed by atoms with Gasteiger partial charge in [-0.3, -0.25) is 14.9 Å². The third kappa shape index (κ3) is 2.52. The maximum Gasteiger partial charge on any atom is 0.311 e. The Bertz CT molecular complexity index is 611. The van der Waals surface area contributed by atoms with Crippen LogP contribution in [0.1, 0.15) is 23.2 Å². The molecular weight excluding hydrogens is 286 g/mol. The molecule has 22 heavy (non-hydrogen) atoms. The fourth-order valence-electron chi connectivity index (χ4n) is 3.40. The molecule has 118 valence electrons. The van der Waals surface area contributed by atoms with Crippen LogP contribution in [0, 0.1) is 15.5 Å². The van der Waals surface area contributed by atoms with Crippen molar-refractivity contribution in [3.63, 3.8) is 0 Å². The van der Waals surface area contributed by atoms with Crippen molar-refractivity contribution in [2.75, 3.05) is 33.3 Å². The van der Waals surface area contributed by atoms with Crippen LogP contribution in [0.15, 0.2) is 18.2 Å². The van der Waals surface area contributed by atoms with Crippen molar-refractivity contribution in [2.24, 2.45) is 5.41 Å². The molecular formula is C15H19N3O4. The summed E-state index contributed by atoms with van der Waals surface area (Å²) < 4.78 is 4.97. The highest BCUT2D eigenvalue weighted by atomic mass is 16.6. The van der Waals surface area contributed by atoms with Gasteiger partial charge in [0.15, 0.2) is 5.75 Å². The van der Waals surface area contributed by atoms with Crippen LogP contribution >= 0.6 is 0 Å². The Morgan fingerprint density at radius 2 is 2.27 bits per heavy atom. The molecule has 0 saturated carbocycles. The second-order valence-electron chi connectivity index (χ2n) is 6.05. The molecule has 1 unspecified atom stereocenters. The Hall–Kier alpha value is -2.15. The van der Waals surface area contributed by atoms with Crippen LogP contribution < -0.4 is 10.1 Å². The van der Waals surface area contributed by atoms with E-state index in [1.807, 2.05) is 0 Å². The van der Waals surface area contributed by atoms with E-state index >= 15 is 0 Å². The Kier molecular flexibility index (Phi) is 3.74. The minimum absolute atomic E-state index is 0.144. The topological polar surface area (TPSA) is 84.7 Å².